The Morgan fingerprint density at radius 1 is 1.25 bits per heavy atom. The van der Waals surface area contributed by atoms with Crippen LogP contribution in [0.2, 0.25) is 4.34 Å². The van der Waals surface area contributed by atoms with Crippen LogP contribution in [0.25, 0.3) is 0 Å². The quantitative estimate of drug-likeness (QED) is 0.887. The van der Waals surface area contributed by atoms with E-state index in [0.29, 0.717) is 6.54 Å². The van der Waals surface area contributed by atoms with Crippen molar-refractivity contribution in [2.45, 2.75) is 19.6 Å². The van der Waals surface area contributed by atoms with Gasteiger partial charge in [-0.2, -0.15) is 0 Å². The van der Waals surface area contributed by atoms with Crippen LogP contribution in [0.1, 0.15) is 16.0 Å². The molecule has 2 aromatic rings. The van der Waals surface area contributed by atoms with E-state index in [2.05, 4.69) is 24.1 Å². The maximum atomic E-state index is 5.96. The molecule has 0 bridgehead atoms. The lowest BCUT2D eigenvalue weighted by Gasteiger charge is -2.18. The Morgan fingerprint density at radius 2 is 2.05 bits per heavy atom. The van der Waals surface area contributed by atoms with E-state index in [1.807, 2.05) is 18.2 Å². The van der Waals surface area contributed by atoms with Crippen molar-refractivity contribution in [1.29, 1.82) is 0 Å². The molecular formula is C15H19ClN2OS. The second-order valence-corrected chi connectivity index (χ2v) is 6.53. The van der Waals surface area contributed by atoms with Gasteiger partial charge < -0.3 is 10.5 Å². The van der Waals surface area contributed by atoms with E-state index in [1.165, 1.54) is 4.88 Å². The minimum atomic E-state index is 0.543. The number of halogens is 1. The molecule has 1 aromatic carbocycles. The zero-order chi connectivity index (χ0) is 14.5. The topological polar surface area (TPSA) is 38.5 Å². The van der Waals surface area contributed by atoms with Gasteiger partial charge in [0.25, 0.3) is 0 Å². The molecule has 0 atom stereocenters. The van der Waals surface area contributed by atoms with E-state index in [9.17, 15) is 0 Å². The van der Waals surface area contributed by atoms with Crippen LogP contribution < -0.4 is 10.5 Å². The van der Waals surface area contributed by atoms with E-state index in [-0.39, 0.29) is 0 Å². The Kier molecular flexibility index (Phi) is 5.43. The van der Waals surface area contributed by atoms with Gasteiger partial charge in [0.05, 0.1) is 11.4 Å². The van der Waals surface area contributed by atoms with Crippen LogP contribution in [-0.2, 0) is 19.6 Å². The summed E-state index contributed by atoms with van der Waals surface area (Å²) in [5.41, 5.74) is 7.97. The number of nitrogens with two attached hydrogens (primary N) is 1. The molecule has 3 nitrogen and oxygen atoms in total. The summed E-state index contributed by atoms with van der Waals surface area (Å²) >= 11 is 7.57. The smallest absolute Gasteiger partial charge is 0.123 e. The molecule has 0 amide bonds. The predicted octanol–water partition coefficient (Wildman–Crippen LogP) is 3.50. The van der Waals surface area contributed by atoms with Crippen molar-refractivity contribution in [3.63, 3.8) is 0 Å². The highest BCUT2D eigenvalue weighted by atomic mass is 35.5. The summed E-state index contributed by atoms with van der Waals surface area (Å²) in [6.07, 6.45) is 0. The summed E-state index contributed by atoms with van der Waals surface area (Å²) in [4.78, 5) is 3.49. The fourth-order valence-corrected chi connectivity index (χ4v) is 3.30. The summed E-state index contributed by atoms with van der Waals surface area (Å²) in [5.74, 6) is 0.901. The molecule has 20 heavy (non-hydrogen) atoms. The lowest BCUT2D eigenvalue weighted by Crippen LogP contribution is -2.17. The molecule has 0 aliphatic carbocycles. The van der Waals surface area contributed by atoms with Gasteiger partial charge in [0.15, 0.2) is 0 Å². The molecule has 0 saturated carbocycles. The van der Waals surface area contributed by atoms with E-state index >= 15 is 0 Å². The fourth-order valence-electron chi connectivity index (χ4n) is 2.13. The summed E-state index contributed by atoms with van der Waals surface area (Å²) < 4.78 is 6.24. The van der Waals surface area contributed by atoms with Crippen LogP contribution in [0.4, 0.5) is 0 Å². The van der Waals surface area contributed by atoms with E-state index in [1.54, 1.807) is 18.4 Å². The molecule has 2 rings (SSSR count). The molecule has 0 fully saturated rings. The SMILES string of the molecule is COc1ccc(CN)cc1CN(C)Cc1ccc(Cl)s1. The van der Waals surface area contributed by atoms with E-state index in [4.69, 9.17) is 22.1 Å². The number of ether oxygens (including phenoxy) is 1. The summed E-state index contributed by atoms with van der Waals surface area (Å²) in [5, 5.41) is 0. The van der Waals surface area contributed by atoms with Gasteiger partial charge in [-0.15, -0.1) is 11.3 Å². The van der Waals surface area contributed by atoms with Gasteiger partial charge in [0, 0.05) is 30.1 Å². The van der Waals surface area contributed by atoms with Crippen molar-refractivity contribution in [2.24, 2.45) is 5.73 Å². The molecule has 5 heteroatoms. The first kappa shape index (κ1) is 15.3. The number of hydrogen-bond donors (Lipinski definition) is 1. The molecule has 0 radical (unpaired) electrons. The minimum absolute atomic E-state index is 0.543. The number of benzene rings is 1. The number of methoxy groups -OCH3 is 1. The normalized spacial score (nSPS) is 11.1. The third kappa shape index (κ3) is 3.96. The van der Waals surface area contributed by atoms with Crippen LogP contribution in [-0.4, -0.2) is 19.1 Å². The number of hydrogen-bond acceptors (Lipinski definition) is 4. The van der Waals surface area contributed by atoms with Crippen molar-refractivity contribution < 1.29 is 4.74 Å². The Morgan fingerprint density at radius 3 is 2.65 bits per heavy atom. The Bertz CT molecular complexity index is 571. The van der Waals surface area contributed by atoms with E-state index < -0.39 is 0 Å². The van der Waals surface area contributed by atoms with Crippen LogP contribution in [0.15, 0.2) is 30.3 Å². The molecule has 108 valence electrons. The monoisotopic (exact) mass is 310 g/mol. The zero-order valence-electron chi connectivity index (χ0n) is 11.7. The van der Waals surface area contributed by atoms with Gasteiger partial charge in [-0.3, -0.25) is 4.90 Å². The lowest BCUT2D eigenvalue weighted by atomic mass is 10.1. The van der Waals surface area contributed by atoms with Gasteiger partial charge in [-0.05, 0) is 36.9 Å². The molecule has 0 aliphatic rings. The molecule has 1 aromatic heterocycles. The number of nitrogens with zero attached hydrogens (tertiary/aromatic N) is 1. The molecule has 0 unspecified atom stereocenters. The van der Waals surface area contributed by atoms with Gasteiger partial charge in [-0.25, -0.2) is 0 Å². The summed E-state index contributed by atoms with van der Waals surface area (Å²) in [6, 6.07) is 10.1. The Labute approximate surface area is 128 Å². The number of rotatable bonds is 6. The second-order valence-electron chi connectivity index (χ2n) is 4.73. The van der Waals surface area contributed by atoms with Crippen LogP contribution in [0.5, 0.6) is 5.75 Å². The van der Waals surface area contributed by atoms with Crippen molar-refractivity contribution in [1.82, 2.24) is 4.90 Å². The Hall–Kier alpha value is -1.07. The molecule has 2 N–H and O–H groups in total. The minimum Gasteiger partial charge on any atom is -0.496 e. The fraction of sp³-hybridized carbons (Fsp3) is 0.333. The maximum Gasteiger partial charge on any atom is 0.123 e. The molecule has 0 spiro atoms. The number of thiophene rings is 1. The van der Waals surface area contributed by atoms with Crippen molar-refractivity contribution in [3.8, 4) is 5.75 Å². The zero-order valence-corrected chi connectivity index (χ0v) is 13.3. The maximum absolute atomic E-state index is 5.96. The van der Waals surface area contributed by atoms with Crippen LogP contribution in [0.3, 0.4) is 0 Å². The molecule has 0 saturated heterocycles. The van der Waals surface area contributed by atoms with Crippen molar-refractivity contribution >= 4 is 22.9 Å². The third-order valence-electron chi connectivity index (χ3n) is 3.08. The highest BCUT2D eigenvalue weighted by molar-refractivity contribution is 7.16. The van der Waals surface area contributed by atoms with Gasteiger partial charge in [0.2, 0.25) is 0 Å². The van der Waals surface area contributed by atoms with Crippen molar-refractivity contribution in [3.05, 3.63) is 50.7 Å². The standard InChI is InChI=1S/C15H19ClN2OS/c1-18(10-13-4-6-15(16)20-13)9-12-7-11(8-17)3-5-14(12)19-2/h3-7H,8-10,17H2,1-2H3. The lowest BCUT2D eigenvalue weighted by molar-refractivity contribution is 0.312. The first-order valence-electron chi connectivity index (χ1n) is 6.41. The van der Waals surface area contributed by atoms with E-state index in [0.717, 1.165) is 34.3 Å². The predicted molar refractivity (Wildman–Crippen MR) is 85.4 cm³/mol. The average molecular weight is 311 g/mol. The van der Waals surface area contributed by atoms with Crippen molar-refractivity contribution in [2.75, 3.05) is 14.2 Å². The average Bonchev–Trinajstić information content (AvgIpc) is 2.83. The molecular weight excluding hydrogens is 292 g/mol. The second kappa shape index (κ2) is 7.09. The summed E-state index contributed by atoms with van der Waals surface area (Å²) in [7, 11) is 3.78. The Balaban J connectivity index is 2.08. The summed E-state index contributed by atoms with van der Waals surface area (Å²) in [6.45, 7) is 2.22. The van der Waals surface area contributed by atoms with Gasteiger partial charge in [0.1, 0.15) is 5.75 Å². The molecule has 1 heterocycles. The first-order chi connectivity index (χ1) is 9.62. The van der Waals surface area contributed by atoms with Gasteiger partial charge in [-0.1, -0.05) is 17.7 Å². The molecule has 0 aliphatic heterocycles. The highest BCUT2D eigenvalue weighted by Gasteiger charge is 2.09. The van der Waals surface area contributed by atoms with Crippen LogP contribution in [0, 0.1) is 0 Å². The van der Waals surface area contributed by atoms with Gasteiger partial charge >= 0.3 is 0 Å². The largest absolute Gasteiger partial charge is 0.496 e. The van der Waals surface area contributed by atoms with Crippen LogP contribution >= 0.6 is 22.9 Å². The first-order valence-corrected chi connectivity index (χ1v) is 7.60. The highest BCUT2D eigenvalue weighted by Crippen LogP contribution is 2.25. The third-order valence-corrected chi connectivity index (χ3v) is 4.29.